The van der Waals surface area contributed by atoms with Crippen LogP contribution < -0.4 is 11.1 Å². The van der Waals surface area contributed by atoms with Crippen molar-refractivity contribution in [1.82, 2.24) is 14.9 Å². The first-order valence-corrected chi connectivity index (χ1v) is 10.4. The highest BCUT2D eigenvalue weighted by Gasteiger charge is 2.33. The number of fused-ring (bicyclic) bond motifs is 2. The average Bonchev–Trinajstić information content (AvgIpc) is 3.44. The van der Waals surface area contributed by atoms with E-state index in [0.717, 1.165) is 26.9 Å². The molecule has 3 N–H and O–H groups in total. The molecule has 30 heavy (non-hydrogen) atoms. The number of nitrogens with zero attached hydrogens (tertiary/aromatic N) is 3. The molecule has 0 radical (unpaired) electrons. The number of hydrogen-bond acceptors (Lipinski definition) is 8. The van der Waals surface area contributed by atoms with Crippen LogP contribution in [0.1, 0.15) is 22.7 Å². The molecule has 1 aromatic carbocycles. The fourth-order valence-electron chi connectivity index (χ4n) is 3.81. The summed E-state index contributed by atoms with van der Waals surface area (Å²) in [6.07, 6.45) is 1.46. The minimum atomic E-state index is -0.725. The summed E-state index contributed by atoms with van der Waals surface area (Å²) in [4.78, 5) is 35.8. The predicted molar refractivity (Wildman–Crippen MR) is 111 cm³/mol. The monoisotopic (exact) mass is 425 g/mol. The molecule has 1 fully saturated rings. The summed E-state index contributed by atoms with van der Waals surface area (Å²) in [6.45, 7) is 1.69. The van der Waals surface area contributed by atoms with E-state index < -0.39 is 11.8 Å². The Morgan fingerprint density at radius 2 is 2.07 bits per heavy atom. The first-order chi connectivity index (χ1) is 14.6. The topological polar surface area (TPSA) is 120 Å². The molecule has 5 rings (SSSR count). The number of aromatic nitrogens is 2. The van der Waals surface area contributed by atoms with Gasteiger partial charge in [-0.3, -0.25) is 9.59 Å². The highest BCUT2D eigenvalue weighted by molar-refractivity contribution is 7.16. The number of benzene rings is 1. The molecule has 0 aliphatic carbocycles. The van der Waals surface area contributed by atoms with Gasteiger partial charge >= 0.3 is 11.8 Å². The molecule has 154 valence electrons. The van der Waals surface area contributed by atoms with Crippen molar-refractivity contribution in [3.8, 4) is 0 Å². The lowest BCUT2D eigenvalue weighted by molar-refractivity contribution is -0.149. The highest BCUT2D eigenvalue weighted by Crippen LogP contribution is 2.31. The Kier molecular flexibility index (Phi) is 4.81. The van der Waals surface area contributed by atoms with E-state index in [2.05, 4.69) is 15.3 Å². The van der Waals surface area contributed by atoms with Gasteiger partial charge in [-0.1, -0.05) is 6.07 Å². The van der Waals surface area contributed by atoms with Crippen LogP contribution in [0, 0.1) is 0 Å². The summed E-state index contributed by atoms with van der Waals surface area (Å²) in [7, 11) is 0. The highest BCUT2D eigenvalue weighted by atomic mass is 32.1. The Morgan fingerprint density at radius 1 is 1.20 bits per heavy atom. The van der Waals surface area contributed by atoms with Crippen molar-refractivity contribution in [2.45, 2.75) is 19.3 Å². The normalized spacial score (nSPS) is 18.4. The molecular formula is C20H19N5O4S. The largest absolute Gasteiger partial charge is 0.383 e. The lowest BCUT2D eigenvalue weighted by Crippen LogP contribution is -2.47. The van der Waals surface area contributed by atoms with Crippen LogP contribution in [-0.4, -0.2) is 46.4 Å². The Morgan fingerprint density at radius 3 is 2.97 bits per heavy atom. The molecule has 4 heterocycles. The van der Waals surface area contributed by atoms with Gasteiger partial charge in [0.15, 0.2) is 0 Å². The second-order valence-electron chi connectivity index (χ2n) is 7.13. The second kappa shape index (κ2) is 7.63. The lowest BCUT2D eigenvalue weighted by Gasteiger charge is -2.35. The van der Waals surface area contributed by atoms with Gasteiger partial charge < -0.3 is 25.4 Å². The minimum Gasteiger partial charge on any atom is -0.383 e. The van der Waals surface area contributed by atoms with Crippen LogP contribution in [0.5, 0.6) is 0 Å². The van der Waals surface area contributed by atoms with E-state index in [1.54, 1.807) is 21.7 Å². The molecule has 0 saturated carbocycles. The molecule has 2 amide bonds. The number of pyridine rings is 1. The minimum absolute atomic E-state index is 0.319. The molecule has 2 aliphatic rings. The van der Waals surface area contributed by atoms with E-state index in [4.69, 9.17) is 15.2 Å². The predicted octanol–water partition coefficient (Wildman–Crippen LogP) is 1.84. The summed E-state index contributed by atoms with van der Waals surface area (Å²) in [5, 5.41) is 2.68. The van der Waals surface area contributed by atoms with Crippen molar-refractivity contribution in [2.24, 2.45) is 0 Å². The molecule has 0 spiro atoms. The van der Waals surface area contributed by atoms with E-state index in [1.165, 1.54) is 6.20 Å². The number of ether oxygens (including phenoxy) is 2. The third-order valence-electron chi connectivity index (χ3n) is 5.40. The second-order valence-corrected chi connectivity index (χ2v) is 8.02. The number of nitrogens with one attached hydrogen (secondary N) is 1. The molecule has 0 bridgehead atoms. The summed E-state index contributed by atoms with van der Waals surface area (Å²) >= 11 is 1.55. The Labute approximate surface area is 175 Å². The van der Waals surface area contributed by atoms with Crippen LogP contribution in [0.25, 0.3) is 10.2 Å². The summed E-state index contributed by atoms with van der Waals surface area (Å²) < 4.78 is 12.1. The van der Waals surface area contributed by atoms with Gasteiger partial charge in [-0.05, 0) is 17.7 Å². The van der Waals surface area contributed by atoms with E-state index in [1.807, 2.05) is 18.2 Å². The first-order valence-electron chi connectivity index (χ1n) is 9.48. The number of thiazole rings is 1. The lowest BCUT2D eigenvalue weighted by atomic mass is 10.0. The smallest absolute Gasteiger partial charge is 0.313 e. The number of nitrogen functional groups attached to an aromatic ring is 1. The quantitative estimate of drug-likeness (QED) is 0.601. The number of nitrogens with two attached hydrogens (primary N) is 1. The van der Waals surface area contributed by atoms with Crippen molar-refractivity contribution in [2.75, 3.05) is 30.8 Å². The summed E-state index contributed by atoms with van der Waals surface area (Å²) in [5.74, 6) is -0.971. The SMILES string of the molecule is Nc1ncc(NC(=O)C(=O)N2CCOCC2c2ccc3scnc3c2)c2c1COC2. The number of carbonyl (C=O) groups is 2. The average molecular weight is 425 g/mol. The number of amides is 2. The zero-order chi connectivity index (χ0) is 20.7. The zero-order valence-electron chi connectivity index (χ0n) is 16.0. The van der Waals surface area contributed by atoms with Crippen molar-refractivity contribution in [3.05, 3.63) is 46.6 Å². The van der Waals surface area contributed by atoms with Gasteiger partial charge in [-0.25, -0.2) is 9.97 Å². The van der Waals surface area contributed by atoms with Gasteiger partial charge in [0.05, 0.1) is 60.1 Å². The fraction of sp³-hybridized carbons (Fsp3) is 0.300. The fourth-order valence-corrected chi connectivity index (χ4v) is 4.47. The van der Waals surface area contributed by atoms with Crippen LogP contribution in [0.15, 0.2) is 29.9 Å². The van der Waals surface area contributed by atoms with E-state index in [0.29, 0.717) is 44.5 Å². The number of morpholine rings is 1. The van der Waals surface area contributed by atoms with E-state index in [9.17, 15) is 9.59 Å². The maximum absolute atomic E-state index is 13.0. The van der Waals surface area contributed by atoms with E-state index in [-0.39, 0.29) is 6.04 Å². The molecular weight excluding hydrogens is 406 g/mol. The third-order valence-corrected chi connectivity index (χ3v) is 6.21. The van der Waals surface area contributed by atoms with Crippen LogP contribution in [0.3, 0.4) is 0 Å². The standard InChI is InChI=1S/C20H19N5O4S/c21-18-13-8-29-7-12(13)15(6-22-18)24-19(26)20(27)25-3-4-28-9-16(25)11-1-2-17-14(5-11)23-10-30-17/h1-2,5-6,10,16H,3-4,7-9H2,(H2,21,22)(H,24,26). The number of hydrogen-bond donors (Lipinski definition) is 2. The molecule has 2 aromatic heterocycles. The van der Waals surface area contributed by atoms with E-state index >= 15 is 0 Å². The van der Waals surface area contributed by atoms with Crippen molar-refractivity contribution < 1.29 is 19.1 Å². The van der Waals surface area contributed by atoms with Crippen LogP contribution >= 0.6 is 11.3 Å². The molecule has 1 unspecified atom stereocenters. The van der Waals surface area contributed by atoms with Gasteiger partial charge in [0, 0.05) is 17.7 Å². The van der Waals surface area contributed by atoms with Gasteiger partial charge in [0.25, 0.3) is 0 Å². The Balaban J connectivity index is 1.38. The zero-order valence-corrected chi connectivity index (χ0v) is 16.8. The van der Waals surface area contributed by atoms with Crippen LogP contribution in [0.4, 0.5) is 11.5 Å². The van der Waals surface area contributed by atoms with Gasteiger partial charge in [-0.2, -0.15) is 0 Å². The molecule has 9 nitrogen and oxygen atoms in total. The number of anilines is 2. The number of rotatable bonds is 2. The summed E-state index contributed by atoms with van der Waals surface area (Å²) in [6, 6.07) is 5.51. The van der Waals surface area contributed by atoms with Crippen molar-refractivity contribution in [3.63, 3.8) is 0 Å². The van der Waals surface area contributed by atoms with Crippen LogP contribution in [-0.2, 0) is 32.3 Å². The summed E-state index contributed by atoms with van der Waals surface area (Å²) in [5.41, 5.74) is 11.4. The molecule has 1 saturated heterocycles. The molecule has 10 heteroatoms. The Bertz CT molecular complexity index is 1150. The molecule has 2 aliphatic heterocycles. The number of carbonyl (C=O) groups excluding carboxylic acids is 2. The van der Waals surface area contributed by atoms with Gasteiger partial charge in [0.1, 0.15) is 5.82 Å². The van der Waals surface area contributed by atoms with Crippen molar-refractivity contribution >= 4 is 44.9 Å². The third kappa shape index (κ3) is 3.28. The van der Waals surface area contributed by atoms with Gasteiger partial charge in [-0.15, -0.1) is 11.3 Å². The van der Waals surface area contributed by atoms with Crippen molar-refractivity contribution in [1.29, 1.82) is 0 Å². The van der Waals surface area contributed by atoms with Gasteiger partial charge in [0.2, 0.25) is 0 Å². The first kappa shape index (κ1) is 18.9. The maximum atomic E-state index is 13.0. The Hall–Kier alpha value is -3.08. The molecule has 3 aromatic rings. The molecule has 1 atom stereocenters. The maximum Gasteiger partial charge on any atom is 0.313 e. The van der Waals surface area contributed by atoms with Crippen LogP contribution in [0.2, 0.25) is 0 Å².